The Bertz CT molecular complexity index is 71.5. The molecule has 0 aromatic carbocycles. The van der Waals surface area contributed by atoms with E-state index in [-0.39, 0.29) is 0 Å². The summed E-state index contributed by atoms with van der Waals surface area (Å²) in [5.74, 6) is 0. The molecular formula is C6H13NO2. The van der Waals surface area contributed by atoms with E-state index in [9.17, 15) is 0 Å². The second-order valence-corrected chi connectivity index (χ2v) is 2.15. The fourth-order valence-corrected chi connectivity index (χ4v) is 0.879. The second kappa shape index (κ2) is 3.82. The van der Waals surface area contributed by atoms with Crippen molar-refractivity contribution in [3.05, 3.63) is 0 Å². The van der Waals surface area contributed by atoms with Crippen molar-refractivity contribution < 1.29 is 9.47 Å². The highest BCUT2D eigenvalue weighted by molar-refractivity contribution is 4.62. The molecule has 9 heavy (non-hydrogen) atoms. The van der Waals surface area contributed by atoms with E-state index in [0.717, 1.165) is 19.6 Å². The van der Waals surface area contributed by atoms with Crippen LogP contribution in [0.3, 0.4) is 0 Å². The van der Waals surface area contributed by atoms with E-state index < -0.39 is 0 Å². The van der Waals surface area contributed by atoms with Gasteiger partial charge in [0.05, 0.1) is 19.3 Å². The van der Waals surface area contributed by atoms with Gasteiger partial charge in [0, 0.05) is 13.2 Å². The fraction of sp³-hybridized carbons (Fsp3) is 1.00. The van der Waals surface area contributed by atoms with E-state index in [1.54, 1.807) is 0 Å². The highest BCUT2D eigenvalue weighted by Crippen LogP contribution is 2.06. The topological polar surface area (TPSA) is 44.5 Å². The van der Waals surface area contributed by atoms with Gasteiger partial charge >= 0.3 is 0 Å². The zero-order valence-electron chi connectivity index (χ0n) is 5.51. The average Bonchev–Trinajstić information content (AvgIpc) is 2.34. The van der Waals surface area contributed by atoms with Crippen molar-refractivity contribution in [1.29, 1.82) is 0 Å². The number of ether oxygens (including phenoxy) is 2. The van der Waals surface area contributed by atoms with Gasteiger partial charge in [-0.15, -0.1) is 0 Å². The zero-order valence-corrected chi connectivity index (χ0v) is 5.51. The standard InChI is InChI=1S/C6H13NO2/c7-2-4-9-6-1-3-8-5-6/h6H,1-5,7H2/t6-/m1/s1. The Kier molecular flexibility index (Phi) is 2.97. The van der Waals surface area contributed by atoms with Crippen molar-refractivity contribution >= 4 is 0 Å². The summed E-state index contributed by atoms with van der Waals surface area (Å²) in [6.45, 7) is 2.86. The fourth-order valence-electron chi connectivity index (χ4n) is 0.879. The Morgan fingerprint density at radius 1 is 1.67 bits per heavy atom. The molecule has 1 heterocycles. The Morgan fingerprint density at radius 2 is 2.56 bits per heavy atom. The summed E-state index contributed by atoms with van der Waals surface area (Å²) in [4.78, 5) is 0. The summed E-state index contributed by atoms with van der Waals surface area (Å²) < 4.78 is 10.4. The molecule has 1 saturated heterocycles. The molecule has 0 aromatic rings. The van der Waals surface area contributed by atoms with Crippen molar-refractivity contribution in [2.45, 2.75) is 12.5 Å². The largest absolute Gasteiger partial charge is 0.379 e. The molecular weight excluding hydrogens is 118 g/mol. The Labute approximate surface area is 55.1 Å². The SMILES string of the molecule is NCCO[C@@H]1CCOC1. The summed E-state index contributed by atoms with van der Waals surface area (Å²) >= 11 is 0. The summed E-state index contributed by atoms with van der Waals surface area (Å²) in [6, 6.07) is 0. The smallest absolute Gasteiger partial charge is 0.0831 e. The minimum Gasteiger partial charge on any atom is -0.379 e. The molecule has 0 unspecified atom stereocenters. The predicted molar refractivity (Wildman–Crippen MR) is 34.2 cm³/mol. The van der Waals surface area contributed by atoms with Gasteiger partial charge < -0.3 is 15.2 Å². The normalized spacial score (nSPS) is 27.0. The van der Waals surface area contributed by atoms with E-state index in [1.165, 1.54) is 0 Å². The molecule has 1 aliphatic heterocycles. The summed E-state index contributed by atoms with van der Waals surface area (Å²) in [7, 11) is 0. The highest BCUT2D eigenvalue weighted by atomic mass is 16.5. The summed E-state index contributed by atoms with van der Waals surface area (Å²) in [6.07, 6.45) is 1.34. The maximum atomic E-state index is 5.30. The molecule has 1 atom stereocenters. The summed E-state index contributed by atoms with van der Waals surface area (Å²) in [5.41, 5.74) is 5.24. The lowest BCUT2D eigenvalue weighted by molar-refractivity contribution is 0.0475. The van der Waals surface area contributed by atoms with Crippen molar-refractivity contribution in [2.24, 2.45) is 5.73 Å². The Hall–Kier alpha value is -0.120. The lowest BCUT2D eigenvalue weighted by Crippen LogP contribution is -2.17. The van der Waals surface area contributed by atoms with Crippen molar-refractivity contribution in [1.82, 2.24) is 0 Å². The van der Waals surface area contributed by atoms with Crippen LogP contribution in [0.1, 0.15) is 6.42 Å². The van der Waals surface area contributed by atoms with Crippen LogP contribution in [0.25, 0.3) is 0 Å². The Morgan fingerprint density at radius 3 is 3.11 bits per heavy atom. The predicted octanol–water partition coefficient (Wildman–Crippen LogP) is -0.249. The van der Waals surface area contributed by atoms with Crippen LogP contribution < -0.4 is 5.73 Å². The Balaban J connectivity index is 1.98. The first-order valence-corrected chi connectivity index (χ1v) is 3.33. The zero-order chi connectivity index (χ0) is 6.53. The van der Waals surface area contributed by atoms with Gasteiger partial charge in [0.15, 0.2) is 0 Å². The van der Waals surface area contributed by atoms with Crippen LogP contribution in [0.2, 0.25) is 0 Å². The molecule has 1 rings (SSSR count). The third kappa shape index (κ3) is 2.30. The second-order valence-electron chi connectivity index (χ2n) is 2.15. The molecule has 0 aromatic heterocycles. The molecule has 2 N–H and O–H groups in total. The van der Waals surface area contributed by atoms with Crippen LogP contribution in [0.15, 0.2) is 0 Å². The molecule has 1 aliphatic rings. The van der Waals surface area contributed by atoms with Gasteiger partial charge in [-0.3, -0.25) is 0 Å². The van der Waals surface area contributed by atoms with Gasteiger partial charge in [-0.25, -0.2) is 0 Å². The maximum absolute atomic E-state index is 5.30. The lowest BCUT2D eigenvalue weighted by atomic mass is 10.3. The van der Waals surface area contributed by atoms with E-state index in [1.807, 2.05) is 0 Å². The van der Waals surface area contributed by atoms with E-state index in [2.05, 4.69) is 0 Å². The molecule has 0 bridgehead atoms. The summed E-state index contributed by atoms with van der Waals surface area (Å²) in [5, 5.41) is 0. The molecule has 0 spiro atoms. The first-order chi connectivity index (χ1) is 4.43. The maximum Gasteiger partial charge on any atom is 0.0831 e. The minimum atomic E-state index is 0.313. The van der Waals surface area contributed by atoms with Crippen LogP contribution in [0.4, 0.5) is 0 Å². The third-order valence-corrected chi connectivity index (χ3v) is 1.36. The molecule has 3 heteroatoms. The molecule has 1 fully saturated rings. The highest BCUT2D eigenvalue weighted by Gasteiger charge is 2.14. The van der Waals surface area contributed by atoms with E-state index >= 15 is 0 Å². The van der Waals surface area contributed by atoms with Gasteiger partial charge in [-0.1, -0.05) is 0 Å². The van der Waals surface area contributed by atoms with Crippen molar-refractivity contribution in [2.75, 3.05) is 26.4 Å². The van der Waals surface area contributed by atoms with Crippen molar-refractivity contribution in [3.63, 3.8) is 0 Å². The van der Waals surface area contributed by atoms with E-state index in [4.69, 9.17) is 15.2 Å². The monoisotopic (exact) mass is 131 g/mol. The van der Waals surface area contributed by atoms with Crippen LogP contribution in [0, 0.1) is 0 Å². The number of hydrogen-bond donors (Lipinski definition) is 1. The van der Waals surface area contributed by atoms with Gasteiger partial charge in [-0.05, 0) is 6.42 Å². The molecule has 0 aliphatic carbocycles. The third-order valence-electron chi connectivity index (χ3n) is 1.36. The number of nitrogens with two attached hydrogens (primary N) is 1. The van der Waals surface area contributed by atoms with Crippen LogP contribution in [-0.2, 0) is 9.47 Å². The lowest BCUT2D eigenvalue weighted by Gasteiger charge is -2.06. The van der Waals surface area contributed by atoms with Gasteiger partial charge in [0.1, 0.15) is 0 Å². The minimum absolute atomic E-state index is 0.313. The average molecular weight is 131 g/mol. The van der Waals surface area contributed by atoms with Crippen LogP contribution >= 0.6 is 0 Å². The van der Waals surface area contributed by atoms with E-state index in [0.29, 0.717) is 19.3 Å². The quantitative estimate of drug-likeness (QED) is 0.574. The molecule has 0 saturated carbocycles. The number of hydrogen-bond acceptors (Lipinski definition) is 3. The molecule has 0 amide bonds. The van der Waals surface area contributed by atoms with Gasteiger partial charge in [0.25, 0.3) is 0 Å². The van der Waals surface area contributed by atoms with Gasteiger partial charge in [-0.2, -0.15) is 0 Å². The van der Waals surface area contributed by atoms with Crippen molar-refractivity contribution in [3.8, 4) is 0 Å². The molecule has 54 valence electrons. The number of rotatable bonds is 3. The molecule has 0 radical (unpaired) electrons. The first-order valence-electron chi connectivity index (χ1n) is 3.33. The first kappa shape index (κ1) is 6.99. The van der Waals surface area contributed by atoms with Crippen LogP contribution in [0.5, 0.6) is 0 Å². The van der Waals surface area contributed by atoms with Crippen LogP contribution in [-0.4, -0.2) is 32.5 Å². The molecule has 3 nitrogen and oxygen atoms in total. The van der Waals surface area contributed by atoms with Gasteiger partial charge in [0.2, 0.25) is 0 Å².